The quantitative estimate of drug-likeness (QED) is 0.396. The van der Waals surface area contributed by atoms with Gasteiger partial charge in [0.15, 0.2) is 0 Å². The zero-order valence-electron chi connectivity index (χ0n) is 18.5. The number of hydrogen-bond donors (Lipinski definition) is 1. The summed E-state index contributed by atoms with van der Waals surface area (Å²) in [5, 5.41) is 9.15. The summed E-state index contributed by atoms with van der Waals surface area (Å²) in [5.41, 5.74) is 5.23. The number of aryl methyl sites for hydroxylation is 2. The van der Waals surface area contributed by atoms with Crippen LogP contribution >= 0.6 is 0 Å². The highest BCUT2D eigenvalue weighted by Gasteiger charge is 2.14. The van der Waals surface area contributed by atoms with Gasteiger partial charge < -0.3 is 10.0 Å². The van der Waals surface area contributed by atoms with Crippen LogP contribution in [0.25, 0.3) is 0 Å². The van der Waals surface area contributed by atoms with Crippen molar-refractivity contribution in [3.63, 3.8) is 0 Å². The molecule has 2 aromatic carbocycles. The summed E-state index contributed by atoms with van der Waals surface area (Å²) in [6.07, 6.45) is 3.74. The van der Waals surface area contributed by atoms with Gasteiger partial charge in [0.2, 0.25) is 0 Å². The normalized spacial score (nSPS) is 11.0. The molecule has 0 aliphatic carbocycles. The minimum Gasteiger partial charge on any atom is -0.478 e. The van der Waals surface area contributed by atoms with E-state index in [-0.39, 0.29) is 12.0 Å². The Morgan fingerprint density at radius 3 is 2.33 bits per heavy atom. The molecular weight excluding hydrogens is 374 g/mol. The average molecular weight is 408 g/mol. The van der Waals surface area contributed by atoms with E-state index >= 15 is 0 Å². The first-order valence-electron chi connectivity index (χ1n) is 10.6. The van der Waals surface area contributed by atoms with Crippen LogP contribution in [0.15, 0.2) is 54.6 Å². The lowest BCUT2D eigenvalue weighted by atomic mass is 9.94. The van der Waals surface area contributed by atoms with Gasteiger partial charge in [-0.1, -0.05) is 30.8 Å². The van der Waals surface area contributed by atoms with Crippen molar-refractivity contribution >= 4 is 17.9 Å². The van der Waals surface area contributed by atoms with Crippen molar-refractivity contribution in [3.05, 3.63) is 76.9 Å². The maximum atomic E-state index is 11.2. The Balaban J connectivity index is 2.13. The van der Waals surface area contributed by atoms with Gasteiger partial charge in [-0.05, 0) is 81.8 Å². The van der Waals surface area contributed by atoms with E-state index in [0.29, 0.717) is 17.6 Å². The fourth-order valence-corrected chi connectivity index (χ4v) is 3.98. The van der Waals surface area contributed by atoms with Gasteiger partial charge in [-0.15, -0.1) is 0 Å². The average Bonchev–Trinajstić information content (AvgIpc) is 2.68. The summed E-state index contributed by atoms with van der Waals surface area (Å²) in [5.74, 6) is -0.989. The number of anilines is 1. The molecule has 4 heteroatoms. The molecule has 0 fully saturated rings. The largest absolute Gasteiger partial charge is 0.478 e. The number of carbonyl (C=O) groups is 2. The van der Waals surface area contributed by atoms with Gasteiger partial charge in [-0.25, -0.2) is 4.79 Å². The summed E-state index contributed by atoms with van der Waals surface area (Å²) < 4.78 is 0. The number of benzene rings is 2. The van der Waals surface area contributed by atoms with Crippen molar-refractivity contribution in [1.29, 1.82) is 0 Å². The molecule has 0 aromatic heterocycles. The smallest absolute Gasteiger partial charge is 0.331 e. The fraction of sp³-hybridized carbons (Fsp3) is 0.385. The molecule has 0 aliphatic heterocycles. The van der Waals surface area contributed by atoms with Crippen LogP contribution in [0.1, 0.15) is 61.2 Å². The van der Waals surface area contributed by atoms with Crippen molar-refractivity contribution in [1.82, 2.24) is 0 Å². The molecule has 0 aliphatic rings. The summed E-state index contributed by atoms with van der Waals surface area (Å²) in [7, 11) is 0. The van der Waals surface area contributed by atoms with Crippen LogP contribution in [0.5, 0.6) is 0 Å². The Morgan fingerprint density at radius 1 is 1.03 bits per heavy atom. The summed E-state index contributed by atoms with van der Waals surface area (Å²) in [6, 6.07) is 15.0. The first-order valence-corrected chi connectivity index (χ1v) is 10.6. The molecule has 0 saturated heterocycles. The lowest BCUT2D eigenvalue weighted by Gasteiger charge is -2.33. The van der Waals surface area contributed by atoms with Crippen molar-refractivity contribution in [2.24, 2.45) is 0 Å². The van der Waals surface area contributed by atoms with E-state index in [2.05, 4.69) is 63.4 Å². The van der Waals surface area contributed by atoms with Crippen LogP contribution in [0.2, 0.25) is 0 Å². The maximum Gasteiger partial charge on any atom is 0.331 e. The highest BCUT2D eigenvalue weighted by atomic mass is 16.4. The number of carboxylic acid groups (broad SMARTS) is 1. The molecule has 0 saturated carbocycles. The third-order valence-electron chi connectivity index (χ3n) is 5.31. The Hall–Kier alpha value is -2.88. The molecule has 0 radical (unpaired) electrons. The van der Waals surface area contributed by atoms with Crippen LogP contribution in [0.4, 0.5) is 5.69 Å². The highest BCUT2D eigenvalue weighted by Crippen LogP contribution is 2.23. The van der Waals surface area contributed by atoms with E-state index in [4.69, 9.17) is 5.11 Å². The third kappa shape index (κ3) is 6.31. The van der Waals surface area contributed by atoms with Crippen LogP contribution in [-0.4, -0.2) is 29.4 Å². The number of aldehydes is 1. The molecule has 1 N–H and O–H groups in total. The number of nitrogens with zero attached hydrogens (tertiary/aromatic N) is 1. The molecule has 0 bridgehead atoms. The topological polar surface area (TPSA) is 57.6 Å². The van der Waals surface area contributed by atoms with Gasteiger partial charge in [0, 0.05) is 35.3 Å². The van der Waals surface area contributed by atoms with Gasteiger partial charge in [0.25, 0.3) is 0 Å². The molecule has 2 aromatic rings. The lowest BCUT2D eigenvalue weighted by Crippen LogP contribution is -2.36. The zero-order chi connectivity index (χ0) is 22.3. The molecule has 0 spiro atoms. The second-order valence-electron chi connectivity index (χ2n) is 8.35. The number of carboxylic acids is 1. The first-order chi connectivity index (χ1) is 14.2. The fourth-order valence-electron chi connectivity index (χ4n) is 3.98. The molecule has 2 rings (SSSR count). The molecule has 4 nitrogen and oxygen atoms in total. The van der Waals surface area contributed by atoms with Crippen LogP contribution < -0.4 is 4.90 Å². The molecule has 0 atom stereocenters. The van der Waals surface area contributed by atoms with Gasteiger partial charge in [-0.2, -0.15) is 0 Å². The Kier molecular flexibility index (Phi) is 8.40. The molecule has 0 heterocycles. The van der Waals surface area contributed by atoms with Crippen molar-refractivity contribution in [3.8, 4) is 0 Å². The maximum absolute atomic E-state index is 11.2. The molecular formula is C26H33NO3. The summed E-state index contributed by atoms with van der Waals surface area (Å²) >= 11 is 0. The van der Waals surface area contributed by atoms with E-state index in [1.54, 1.807) is 6.07 Å². The van der Waals surface area contributed by atoms with Crippen LogP contribution in [0.3, 0.4) is 0 Å². The first kappa shape index (κ1) is 23.4. The van der Waals surface area contributed by atoms with Gasteiger partial charge in [0.1, 0.15) is 6.29 Å². The number of aliphatic carboxylic acids is 1. The van der Waals surface area contributed by atoms with Crippen LogP contribution in [0, 0.1) is 0 Å². The van der Waals surface area contributed by atoms with Crippen LogP contribution in [-0.2, 0) is 24.1 Å². The molecule has 0 amide bonds. The summed E-state index contributed by atoms with van der Waals surface area (Å²) in [6.45, 7) is 12.5. The molecule has 0 unspecified atom stereocenters. The number of hydrogen-bond acceptors (Lipinski definition) is 3. The monoisotopic (exact) mass is 407 g/mol. The van der Waals surface area contributed by atoms with Crippen molar-refractivity contribution in [2.45, 2.75) is 65.5 Å². The second-order valence-corrected chi connectivity index (χ2v) is 8.35. The van der Waals surface area contributed by atoms with E-state index in [1.807, 2.05) is 12.1 Å². The summed E-state index contributed by atoms with van der Waals surface area (Å²) in [4.78, 5) is 24.8. The third-order valence-corrected chi connectivity index (χ3v) is 5.31. The Labute approximate surface area is 180 Å². The van der Waals surface area contributed by atoms with E-state index in [0.717, 1.165) is 36.7 Å². The minimum absolute atomic E-state index is 0.158. The van der Waals surface area contributed by atoms with E-state index in [1.165, 1.54) is 11.3 Å². The highest BCUT2D eigenvalue weighted by molar-refractivity contribution is 5.86. The van der Waals surface area contributed by atoms with Gasteiger partial charge >= 0.3 is 5.97 Å². The van der Waals surface area contributed by atoms with E-state index < -0.39 is 5.97 Å². The standard InChI is InChI=1S/C26H33NO3/c1-18(2)27(19(3)4)25-11-7-9-21(16-25)8-6-10-23-15-22(17-28)12-13-24(23)14-20(5)26(29)30/h7,9,11-13,15-19H,5-6,8,10,14H2,1-4H3,(H,29,30). The zero-order valence-corrected chi connectivity index (χ0v) is 18.5. The van der Waals surface area contributed by atoms with Gasteiger partial charge in [0.05, 0.1) is 0 Å². The van der Waals surface area contributed by atoms with E-state index in [9.17, 15) is 9.59 Å². The second kappa shape index (κ2) is 10.8. The number of rotatable bonds is 11. The molecule has 30 heavy (non-hydrogen) atoms. The SMILES string of the molecule is C=C(Cc1ccc(C=O)cc1CCCc1cccc(N(C(C)C)C(C)C)c1)C(=O)O. The van der Waals surface area contributed by atoms with Crippen molar-refractivity contribution in [2.75, 3.05) is 4.90 Å². The lowest BCUT2D eigenvalue weighted by molar-refractivity contribution is -0.132. The Morgan fingerprint density at radius 2 is 1.73 bits per heavy atom. The Bertz CT molecular complexity index is 891. The predicted octanol–water partition coefficient (Wildman–Crippen LogP) is 5.48. The predicted molar refractivity (Wildman–Crippen MR) is 124 cm³/mol. The molecule has 160 valence electrons. The van der Waals surface area contributed by atoms with Gasteiger partial charge in [-0.3, -0.25) is 4.79 Å². The minimum atomic E-state index is -0.989. The van der Waals surface area contributed by atoms with Crippen molar-refractivity contribution < 1.29 is 14.7 Å². The number of carbonyl (C=O) groups excluding carboxylic acids is 1.